The van der Waals surface area contributed by atoms with E-state index in [0.29, 0.717) is 0 Å². The number of methoxy groups -OCH3 is 1. The number of aromatic nitrogens is 1. The van der Waals surface area contributed by atoms with Crippen molar-refractivity contribution in [2.45, 2.75) is 13.0 Å². The summed E-state index contributed by atoms with van der Waals surface area (Å²) in [5.41, 5.74) is 1.08. The third-order valence-corrected chi connectivity index (χ3v) is 3.54. The molecular formula is C16H15NO3. The molecule has 1 heterocycles. The summed E-state index contributed by atoms with van der Waals surface area (Å²) in [6, 6.07) is 14.1. The van der Waals surface area contributed by atoms with Gasteiger partial charge in [0.15, 0.2) is 0 Å². The van der Waals surface area contributed by atoms with Gasteiger partial charge < -0.3 is 9.15 Å². The van der Waals surface area contributed by atoms with Crippen molar-refractivity contribution in [3.63, 3.8) is 0 Å². The fourth-order valence-corrected chi connectivity index (χ4v) is 2.46. The SMILES string of the molecule is COc1cn([C@H](C)c2cccc3ccccc23)c(=O)o1. The second kappa shape index (κ2) is 4.89. The van der Waals surface area contributed by atoms with E-state index >= 15 is 0 Å². The Morgan fingerprint density at radius 1 is 1.15 bits per heavy atom. The van der Waals surface area contributed by atoms with Crippen LogP contribution in [0.15, 0.2) is 57.9 Å². The Morgan fingerprint density at radius 3 is 2.65 bits per heavy atom. The Hall–Kier alpha value is -2.49. The highest BCUT2D eigenvalue weighted by Crippen LogP contribution is 2.26. The van der Waals surface area contributed by atoms with Crippen molar-refractivity contribution in [1.82, 2.24) is 4.57 Å². The van der Waals surface area contributed by atoms with Crippen molar-refractivity contribution >= 4 is 10.8 Å². The van der Waals surface area contributed by atoms with Gasteiger partial charge in [-0.15, -0.1) is 0 Å². The fraction of sp³-hybridized carbons (Fsp3) is 0.188. The topological polar surface area (TPSA) is 44.4 Å². The van der Waals surface area contributed by atoms with Crippen molar-refractivity contribution in [3.05, 3.63) is 64.8 Å². The molecule has 0 amide bonds. The van der Waals surface area contributed by atoms with E-state index in [9.17, 15) is 4.79 Å². The molecular weight excluding hydrogens is 254 g/mol. The smallest absolute Gasteiger partial charge is 0.422 e. The van der Waals surface area contributed by atoms with E-state index in [1.54, 1.807) is 10.8 Å². The number of benzene rings is 2. The minimum Gasteiger partial charge on any atom is -0.467 e. The van der Waals surface area contributed by atoms with Gasteiger partial charge >= 0.3 is 11.7 Å². The van der Waals surface area contributed by atoms with E-state index in [1.807, 2.05) is 31.2 Å². The third kappa shape index (κ3) is 1.99. The molecule has 1 aromatic heterocycles. The van der Waals surface area contributed by atoms with Gasteiger partial charge in [-0.2, -0.15) is 0 Å². The second-order valence-corrected chi connectivity index (χ2v) is 4.67. The predicted octanol–water partition coefficient (Wildman–Crippen LogP) is 3.21. The summed E-state index contributed by atoms with van der Waals surface area (Å²) in [6.45, 7) is 1.97. The van der Waals surface area contributed by atoms with Crippen LogP contribution in [0.3, 0.4) is 0 Å². The first-order valence-electron chi connectivity index (χ1n) is 6.44. The van der Waals surface area contributed by atoms with E-state index in [0.717, 1.165) is 16.3 Å². The highest BCUT2D eigenvalue weighted by Gasteiger charge is 2.16. The van der Waals surface area contributed by atoms with Gasteiger partial charge in [0.25, 0.3) is 0 Å². The van der Waals surface area contributed by atoms with Crippen LogP contribution in [-0.2, 0) is 0 Å². The van der Waals surface area contributed by atoms with Gasteiger partial charge in [0, 0.05) is 0 Å². The number of nitrogens with zero attached hydrogens (tertiary/aromatic N) is 1. The number of hydrogen-bond donors (Lipinski definition) is 0. The van der Waals surface area contributed by atoms with Crippen LogP contribution in [0.2, 0.25) is 0 Å². The average Bonchev–Trinajstić information content (AvgIpc) is 2.87. The lowest BCUT2D eigenvalue weighted by molar-refractivity contribution is 0.292. The van der Waals surface area contributed by atoms with E-state index < -0.39 is 5.76 Å². The molecule has 2 aromatic carbocycles. The summed E-state index contributed by atoms with van der Waals surface area (Å²) >= 11 is 0. The van der Waals surface area contributed by atoms with Crippen molar-refractivity contribution in [2.75, 3.05) is 7.11 Å². The molecule has 20 heavy (non-hydrogen) atoms. The van der Waals surface area contributed by atoms with Crippen molar-refractivity contribution < 1.29 is 9.15 Å². The first kappa shape index (κ1) is 12.5. The maximum atomic E-state index is 11.9. The molecule has 0 saturated carbocycles. The van der Waals surface area contributed by atoms with E-state index in [-0.39, 0.29) is 12.0 Å². The molecule has 3 aromatic rings. The Morgan fingerprint density at radius 2 is 1.90 bits per heavy atom. The highest BCUT2D eigenvalue weighted by molar-refractivity contribution is 5.86. The van der Waals surface area contributed by atoms with Gasteiger partial charge in [-0.1, -0.05) is 42.5 Å². The van der Waals surface area contributed by atoms with Crippen molar-refractivity contribution in [3.8, 4) is 5.95 Å². The molecule has 0 spiro atoms. The summed E-state index contributed by atoms with van der Waals surface area (Å²) < 4.78 is 11.5. The Labute approximate surface area is 116 Å². The molecule has 0 unspecified atom stereocenters. The number of ether oxygens (including phenoxy) is 1. The monoisotopic (exact) mass is 269 g/mol. The molecule has 0 fully saturated rings. The molecule has 4 heteroatoms. The highest BCUT2D eigenvalue weighted by atomic mass is 16.6. The quantitative estimate of drug-likeness (QED) is 0.733. The van der Waals surface area contributed by atoms with Crippen molar-refractivity contribution in [1.29, 1.82) is 0 Å². The third-order valence-electron chi connectivity index (χ3n) is 3.54. The van der Waals surface area contributed by atoms with E-state index in [4.69, 9.17) is 9.15 Å². The molecule has 0 bridgehead atoms. The zero-order valence-electron chi connectivity index (χ0n) is 11.4. The number of oxazole rings is 1. The first-order valence-corrected chi connectivity index (χ1v) is 6.44. The molecule has 102 valence electrons. The zero-order chi connectivity index (χ0) is 14.1. The van der Waals surface area contributed by atoms with Crippen LogP contribution in [0, 0.1) is 0 Å². The van der Waals surface area contributed by atoms with Gasteiger partial charge in [0.1, 0.15) is 0 Å². The van der Waals surface area contributed by atoms with Gasteiger partial charge in [0.05, 0.1) is 19.3 Å². The number of hydrogen-bond acceptors (Lipinski definition) is 3. The Kier molecular flexibility index (Phi) is 3.06. The number of fused-ring (bicyclic) bond motifs is 1. The van der Waals surface area contributed by atoms with Crippen LogP contribution in [-0.4, -0.2) is 11.7 Å². The fourth-order valence-electron chi connectivity index (χ4n) is 2.46. The van der Waals surface area contributed by atoms with Crippen LogP contribution in [0.25, 0.3) is 10.8 Å². The lowest BCUT2D eigenvalue weighted by Crippen LogP contribution is -2.18. The second-order valence-electron chi connectivity index (χ2n) is 4.67. The largest absolute Gasteiger partial charge is 0.467 e. The molecule has 4 nitrogen and oxygen atoms in total. The lowest BCUT2D eigenvalue weighted by atomic mass is 10.00. The summed E-state index contributed by atoms with van der Waals surface area (Å²) in [6.07, 6.45) is 1.59. The van der Waals surface area contributed by atoms with Crippen LogP contribution in [0.4, 0.5) is 0 Å². The van der Waals surface area contributed by atoms with Gasteiger partial charge in [-0.25, -0.2) is 4.79 Å². The summed E-state index contributed by atoms with van der Waals surface area (Å²) in [7, 11) is 1.48. The standard InChI is InChI=1S/C16H15NO3/c1-11(17-10-15(19-2)20-16(17)18)13-9-5-7-12-6-3-4-8-14(12)13/h3-11H,1-2H3/t11-/m1/s1. The molecule has 1 atom stereocenters. The van der Waals surface area contributed by atoms with Gasteiger partial charge in [0.2, 0.25) is 0 Å². The van der Waals surface area contributed by atoms with Gasteiger partial charge in [-0.3, -0.25) is 4.57 Å². The summed E-state index contributed by atoms with van der Waals surface area (Å²) in [4.78, 5) is 11.9. The molecule has 0 aliphatic rings. The van der Waals surface area contributed by atoms with Crippen LogP contribution < -0.4 is 10.5 Å². The molecule has 0 aliphatic heterocycles. The minimum atomic E-state index is -0.415. The van der Waals surface area contributed by atoms with E-state index in [2.05, 4.69) is 18.2 Å². The normalized spacial score (nSPS) is 12.5. The van der Waals surface area contributed by atoms with Crippen LogP contribution in [0.5, 0.6) is 5.95 Å². The van der Waals surface area contributed by atoms with Crippen LogP contribution in [0.1, 0.15) is 18.5 Å². The molecule has 3 rings (SSSR count). The average molecular weight is 269 g/mol. The minimum absolute atomic E-state index is 0.124. The van der Waals surface area contributed by atoms with Crippen molar-refractivity contribution in [2.24, 2.45) is 0 Å². The summed E-state index contributed by atoms with van der Waals surface area (Å²) in [5.74, 6) is -0.190. The maximum Gasteiger partial charge on any atom is 0.422 e. The molecule has 0 N–H and O–H groups in total. The lowest BCUT2D eigenvalue weighted by Gasteiger charge is -2.14. The zero-order valence-corrected chi connectivity index (χ0v) is 11.4. The van der Waals surface area contributed by atoms with Crippen LogP contribution >= 0.6 is 0 Å². The number of rotatable bonds is 3. The first-order chi connectivity index (χ1) is 9.70. The van der Waals surface area contributed by atoms with E-state index in [1.165, 1.54) is 7.11 Å². The maximum absolute atomic E-state index is 11.9. The Bertz CT molecular complexity index is 795. The molecule has 0 radical (unpaired) electrons. The predicted molar refractivity (Wildman–Crippen MR) is 77.3 cm³/mol. The van der Waals surface area contributed by atoms with Gasteiger partial charge in [-0.05, 0) is 23.3 Å². The Balaban J connectivity index is 2.15. The molecule has 0 saturated heterocycles. The molecule has 0 aliphatic carbocycles. The summed E-state index contributed by atoms with van der Waals surface area (Å²) in [5, 5.41) is 2.29.